The fraction of sp³-hybridized carbons (Fsp3) is 0.478. The Kier molecular flexibility index (Phi) is 8.11. The average molecular weight is 357 g/mol. The Balaban J connectivity index is 1.98. The molecule has 2 atom stereocenters. The van der Waals surface area contributed by atoms with Gasteiger partial charge in [0.15, 0.2) is 0 Å². The van der Waals surface area contributed by atoms with Crippen LogP contribution in [0.3, 0.4) is 0 Å². The van der Waals surface area contributed by atoms with Gasteiger partial charge in [0, 0.05) is 24.9 Å². The third kappa shape index (κ3) is 6.45. The normalized spacial score (nSPS) is 24.9. The van der Waals surface area contributed by atoms with Gasteiger partial charge in [-0.3, -0.25) is 0 Å². The van der Waals surface area contributed by atoms with Crippen molar-refractivity contribution in [1.29, 1.82) is 0 Å². The lowest BCUT2D eigenvalue weighted by Crippen LogP contribution is -2.26. The number of alkyl halides is 1. The van der Waals surface area contributed by atoms with Crippen LogP contribution in [0, 0.1) is 5.41 Å². The minimum absolute atomic E-state index is 0.00779. The summed E-state index contributed by atoms with van der Waals surface area (Å²) in [5, 5.41) is 3.37. The summed E-state index contributed by atoms with van der Waals surface area (Å²) in [5.41, 5.74) is 2.29. The summed E-state index contributed by atoms with van der Waals surface area (Å²) in [6.45, 7) is 12.4. The molecule has 2 aliphatic rings. The molecule has 3 heteroatoms. The van der Waals surface area contributed by atoms with E-state index in [1.54, 1.807) is 6.08 Å². The third-order valence-corrected chi connectivity index (χ3v) is 5.03. The van der Waals surface area contributed by atoms with E-state index in [9.17, 15) is 4.39 Å². The van der Waals surface area contributed by atoms with Crippen molar-refractivity contribution in [1.82, 2.24) is 10.2 Å². The first-order valence-electron chi connectivity index (χ1n) is 9.71. The van der Waals surface area contributed by atoms with Crippen molar-refractivity contribution >= 4 is 0 Å². The van der Waals surface area contributed by atoms with Crippen LogP contribution in [-0.2, 0) is 0 Å². The van der Waals surface area contributed by atoms with Crippen LogP contribution < -0.4 is 5.32 Å². The lowest BCUT2D eigenvalue weighted by molar-refractivity contribution is 0.383. The Hall–Kier alpha value is -1.87. The van der Waals surface area contributed by atoms with Gasteiger partial charge in [-0.2, -0.15) is 0 Å². The molecule has 0 saturated carbocycles. The second kappa shape index (κ2) is 10.3. The van der Waals surface area contributed by atoms with E-state index < -0.39 is 6.17 Å². The van der Waals surface area contributed by atoms with Crippen molar-refractivity contribution in [2.45, 2.75) is 39.3 Å². The van der Waals surface area contributed by atoms with Gasteiger partial charge in [0.1, 0.15) is 6.17 Å². The molecule has 142 valence electrons. The average Bonchev–Trinajstić information content (AvgIpc) is 2.65. The SMILES string of the molecule is C=C(/C=C/N(CCCNCC)CC1=CCC(F)C=C1)C1(C)C=CC=CC1. The van der Waals surface area contributed by atoms with E-state index in [4.69, 9.17) is 0 Å². The summed E-state index contributed by atoms with van der Waals surface area (Å²) in [4.78, 5) is 2.31. The van der Waals surface area contributed by atoms with Gasteiger partial charge in [-0.1, -0.05) is 63.0 Å². The molecular weight excluding hydrogens is 323 g/mol. The van der Waals surface area contributed by atoms with Crippen LogP contribution in [0.4, 0.5) is 4.39 Å². The van der Waals surface area contributed by atoms with Crippen LogP contribution in [0.1, 0.15) is 33.1 Å². The third-order valence-electron chi connectivity index (χ3n) is 5.03. The molecule has 0 aromatic heterocycles. The molecule has 0 aromatic rings. The molecule has 0 spiro atoms. The minimum atomic E-state index is -0.831. The number of hydrogen-bond acceptors (Lipinski definition) is 2. The smallest absolute Gasteiger partial charge is 0.122 e. The molecule has 0 aliphatic heterocycles. The van der Waals surface area contributed by atoms with E-state index in [-0.39, 0.29) is 5.41 Å². The van der Waals surface area contributed by atoms with Gasteiger partial charge in [-0.15, -0.1) is 0 Å². The first-order chi connectivity index (χ1) is 12.5. The fourth-order valence-electron chi connectivity index (χ4n) is 3.13. The van der Waals surface area contributed by atoms with Gasteiger partial charge in [-0.25, -0.2) is 4.39 Å². The van der Waals surface area contributed by atoms with E-state index in [0.29, 0.717) is 6.42 Å². The van der Waals surface area contributed by atoms with E-state index in [2.05, 4.69) is 67.2 Å². The highest BCUT2D eigenvalue weighted by Crippen LogP contribution is 2.35. The molecule has 0 saturated heterocycles. The molecule has 0 amide bonds. The maximum atomic E-state index is 13.3. The largest absolute Gasteiger partial charge is 0.373 e. The van der Waals surface area contributed by atoms with E-state index in [1.807, 2.05) is 12.2 Å². The van der Waals surface area contributed by atoms with Crippen molar-refractivity contribution in [3.8, 4) is 0 Å². The maximum Gasteiger partial charge on any atom is 0.122 e. The van der Waals surface area contributed by atoms with E-state index in [0.717, 1.165) is 44.6 Å². The van der Waals surface area contributed by atoms with E-state index in [1.165, 1.54) is 5.57 Å². The van der Waals surface area contributed by atoms with E-state index >= 15 is 0 Å². The molecule has 0 fully saturated rings. The molecule has 2 unspecified atom stereocenters. The predicted octanol–water partition coefficient (Wildman–Crippen LogP) is 5.10. The number of nitrogens with zero attached hydrogens (tertiary/aromatic N) is 1. The molecule has 2 nitrogen and oxygen atoms in total. The topological polar surface area (TPSA) is 15.3 Å². The zero-order valence-electron chi connectivity index (χ0n) is 16.3. The van der Waals surface area contributed by atoms with Crippen molar-refractivity contribution < 1.29 is 4.39 Å². The summed E-state index contributed by atoms with van der Waals surface area (Å²) >= 11 is 0. The lowest BCUT2D eigenvalue weighted by atomic mass is 9.77. The molecule has 0 aromatic carbocycles. The van der Waals surface area contributed by atoms with Crippen LogP contribution in [0.2, 0.25) is 0 Å². The van der Waals surface area contributed by atoms with Gasteiger partial charge in [0.2, 0.25) is 0 Å². The minimum Gasteiger partial charge on any atom is -0.373 e. The van der Waals surface area contributed by atoms with Crippen molar-refractivity contribution in [2.24, 2.45) is 5.41 Å². The number of allylic oxidation sites excluding steroid dienone is 8. The number of rotatable bonds is 10. The number of hydrogen-bond donors (Lipinski definition) is 1. The van der Waals surface area contributed by atoms with Crippen LogP contribution in [0.25, 0.3) is 0 Å². The Bertz CT molecular complexity index is 612. The molecule has 2 aliphatic carbocycles. The molecule has 1 N–H and O–H groups in total. The van der Waals surface area contributed by atoms with Gasteiger partial charge < -0.3 is 10.2 Å². The molecule has 0 bridgehead atoms. The quantitative estimate of drug-likeness (QED) is 0.432. The first kappa shape index (κ1) is 20.4. The van der Waals surface area contributed by atoms with Gasteiger partial charge in [-0.05, 0) is 49.4 Å². The molecule has 2 rings (SSSR count). The fourth-order valence-corrected chi connectivity index (χ4v) is 3.13. The monoisotopic (exact) mass is 356 g/mol. The maximum absolute atomic E-state index is 13.3. The second-order valence-electron chi connectivity index (χ2n) is 7.32. The van der Waals surface area contributed by atoms with Crippen LogP contribution in [-0.4, -0.2) is 37.3 Å². The number of halogens is 1. The Morgan fingerprint density at radius 2 is 2.31 bits per heavy atom. The highest BCUT2D eigenvalue weighted by atomic mass is 19.1. The molecule has 0 radical (unpaired) electrons. The summed E-state index contributed by atoms with van der Waals surface area (Å²) in [7, 11) is 0. The van der Waals surface area contributed by atoms with Crippen molar-refractivity contribution in [2.75, 3.05) is 26.2 Å². The Morgan fingerprint density at radius 3 is 2.96 bits per heavy atom. The molecule has 0 heterocycles. The highest BCUT2D eigenvalue weighted by Gasteiger charge is 2.22. The highest BCUT2D eigenvalue weighted by molar-refractivity contribution is 5.33. The first-order valence-corrected chi connectivity index (χ1v) is 9.71. The van der Waals surface area contributed by atoms with Crippen molar-refractivity contribution in [3.63, 3.8) is 0 Å². The predicted molar refractivity (Wildman–Crippen MR) is 111 cm³/mol. The van der Waals surface area contributed by atoms with Gasteiger partial charge >= 0.3 is 0 Å². The van der Waals surface area contributed by atoms with Gasteiger partial charge in [0.25, 0.3) is 0 Å². The lowest BCUT2D eigenvalue weighted by Gasteiger charge is -2.28. The number of nitrogens with one attached hydrogen (secondary N) is 1. The van der Waals surface area contributed by atoms with Crippen LogP contribution in [0.15, 0.2) is 72.5 Å². The summed E-state index contributed by atoms with van der Waals surface area (Å²) in [5.74, 6) is 0. The summed E-state index contributed by atoms with van der Waals surface area (Å²) in [6.07, 6.45) is 20.2. The summed E-state index contributed by atoms with van der Waals surface area (Å²) in [6, 6.07) is 0. The zero-order chi connectivity index (χ0) is 18.8. The molecule has 26 heavy (non-hydrogen) atoms. The Labute approximate surface area is 158 Å². The van der Waals surface area contributed by atoms with Crippen LogP contribution >= 0.6 is 0 Å². The van der Waals surface area contributed by atoms with Gasteiger partial charge in [0.05, 0.1) is 0 Å². The second-order valence-corrected chi connectivity index (χ2v) is 7.32. The van der Waals surface area contributed by atoms with Crippen LogP contribution in [0.5, 0.6) is 0 Å². The summed E-state index contributed by atoms with van der Waals surface area (Å²) < 4.78 is 13.3. The Morgan fingerprint density at radius 1 is 1.46 bits per heavy atom. The standard InChI is InChI=1S/C23H33FN2/c1-4-25-16-8-17-26(19-21-9-11-22(24)12-10-21)18-13-20(2)23(3)14-6-5-7-15-23/h5-7,9-11,13-14,18,22,25H,2,4,8,12,15-17,19H2,1,3H3/b18-13+. The molecular formula is C23H33FN2. The zero-order valence-corrected chi connectivity index (χ0v) is 16.3. The van der Waals surface area contributed by atoms with Crippen molar-refractivity contribution in [3.05, 3.63) is 72.5 Å².